The van der Waals surface area contributed by atoms with Gasteiger partial charge < -0.3 is 10.6 Å². The van der Waals surface area contributed by atoms with Gasteiger partial charge in [0.25, 0.3) is 0 Å². The van der Waals surface area contributed by atoms with Crippen LogP contribution in [0.4, 0.5) is 0 Å². The molecule has 0 bridgehead atoms. The summed E-state index contributed by atoms with van der Waals surface area (Å²) < 4.78 is 1.80. The van der Waals surface area contributed by atoms with E-state index in [9.17, 15) is 0 Å². The highest BCUT2D eigenvalue weighted by Crippen LogP contribution is 2.09. The highest BCUT2D eigenvalue weighted by molar-refractivity contribution is 14.0. The lowest BCUT2D eigenvalue weighted by atomic mass is 10.1. The fourth-order valence-corrected chi connectivity index (χ4v) is 2.60. The lowest BCUT2D eigenvalue weighted by Crippen LogP contribution is -2.38. The lowest BCUT2D eigenvalue weighted by molar-refractivity contribution is 0.766. The van der Waals surface area contributed by atoms with Crippen molar-refractivity contribution >= 4 is 29.9 Å². The molecule has 0 unspecified atom stereocenters. The van der Waals surface area contributed by atoms with Crippen molar-refractivity contribution in [3.8, 4) is 0 Å². The minimum atomic E-state index is 0. The standard InChI is InChI=1S/C18H27N5.HI/c1-5-19-18(21-11-17-12-22-23(4)13-17)20-7-6-16-9-14(2)8-15(3)10-16;/h8-10,12-13H,5-7,11H2,1-4H3,(H2,19,20,21);1H. The number of aryl methyl sites for hydroxylation is 3. The normalized spacial score (nSPS) is 11.1. The summed E-state index contributed by atoms with van der Waals surface area (Å²) in [4.78, 5) is 4.60. The number of aliphatic imine (C=N–C) groups is 1. The van der Waals surface area contributed by atoms with Gasteiger partial charge in [0.2, 0.25) is 0 Å². The molecule has 0 amide bonds. The number of nitrogens with one attached hydrogen (secondary N) is 2. The number of hydrogen-bond acceptors (Lipinski definition) is 2. The van der Waals surface area contributed by atoms with E-state index >= 15 is 0 Å². The fourth-order valence-electron chi connectivity index (χ4n) is 2.60. The molecule has 0 aliphatic heterocycles. The van der Waals surface area contributed by atoms with Crippen molar-refractivity contribution in [1.82, 2.24) is 20.4 Å². The average Bonchev–Trinajstić information content (AvgIpc) is 2.89. The smallest absolute Gasteiger partial charge is 0.191 e. The summed E-state index contributed by atoms with van der Waals surface area (Å²) in [6.45, 7) is 8.70. The number of benzene rings is 1. The van der Waals surface area contributed by atoms with Crippen LogP contribution in [0.1, 0.15) is 29.2 Å². The molecule has 132 valence electrons. The van der Waals surface area contributed by atoms with Crippen LogP contribution in [0.3, 0.4) is 0 Å². The third-order valence-corrected chi connectivity index (χ3v) is 3.51. The van der Waals surface area contributed by atoms with E-state index in [1.165, 1.54) is 16.7 Å². The third kappa shape index (κ3) is 6.90. The van der Waals surface area contributed by atoms with Gasteiger partial charge in [-0.25, -0.2) is 4.99 Å². The Morgan fingerprint density at radius 3 is 2.42 bits per heavy atom. The summed E-state index contributed by atoms with van der Waals surface area (Å²) in [5, 5.41) is 10.8. The average molecular weight is 441 g/mol. The first-order chi connectivity index (χ1) is 11.1. The largest absolute Gasteiger partial charge is 0.357 e. The zero-order valence-corrected chi connectivity index (χ0v) is 17.3. The molecule has 0 aliphatic rings. The van der Waals surface area contributed by atoms with Gasteiger partial charge in [0.05, 0.1) is 12.7 Å². The monoisotopic (exact) mass is 441 g/mol. The molecule has 0 atom stereocenters. The number of hydrogen-bond donors (Lipinski definition) is 2. The molecule has 2 rings (SSSR count). The minimum absolute atomic E-state index is 0. The molecule has 2 N–H and O–H groups in total. The summed E-state index contributed by atoms with van der Waals surface area (Å²) in [7, 11) is 1.92. The Bertz CT molecular complexity index is 643. The summed E-state index contributed by atoms with van der Waals surface area (Å²) in [5.74, 6) is 0.848. The van der Waals surface area contributed by atoms with Crippen LogP contribution in [0.25, 0.3) is 0 Å². The van der Waals surface area contributed by atoms with E-state index in [0.29, 0.717) is 6.54 Å². The van der Waals surface area contributed by atoms with Gasteiger partial charge in [0.15, 0.2) is 5.96 Å². The van der Waals surface area contributed by atoms with E-state index in [0.717, 1.165) is 31.0 Å². The fraction of sp³-hybridized carbons (Fsp3) is 0.444. The zero-order chi connectivity index (χ0) is 16.7. The summed E-state index contributed by atoms with van der Waals surface area (Å²) >= 11 is 0. The van der Waals surface area contributed by atoms with Crippen LogP contribution >= 0.6 is 24.0 Å². The first kappa shape index (κ1) is 20.5. The Morgan fingerprint density at radius 1 is 1.12 bits per heavy atom. The molecule has 0 radical (unpaired) electrons. The molecule has 1 heterocycles. The van der Waals surface area contributed by atoms with E-state index in [1.807, 2.05) is 19.4 Å². The quantitative estimate of drug-likeness (QED) is 0.412. The molecule has 6 heteroatoms. The van der Waals surface area contributed by atoms with Crippen molar-refractivity contribution < 1.29 is 0 Å². The van der Waals surface area contributed by atoms with Crippen LogP contribution < -0.4 is 10.6 Å². The van der Waals surface area contributed by atoms with Gasteiger partial charge in [-0.15, -0.1) is 24.0 Å². The van der Waals surface area contributed by atoms with Crippen LogP contribution in [0.5, 0.6) is 0 Å². The lowest BCUT2D eigenvalue weighted by Gasteiger charge is -2.11. The molecule has 1 aromatic heterocycles. The van der Waals surface area contributed by atoms with Crippen LogP contribution in [-0.4, -0.2) is 28.8 Å². The molecule has 1 aromatic carbocycles. The van der Waals surface area contributed by atoms with E-state index < -0.39 is 0 Å². The van der Waals surface area contributed by atoms with E-state index in [4.69, 9.17) is 0 Å². The minimum Gasteiger partial charge on any atom is -0.357 e. The highest BCUT2D eigenvalue weighted by Gasteiger charge is 2.00. The Hall–Kier alpha value is -1.57. The van der Waals surface area contributed by atoms with Gasteiger partial charge in [-0.05, 0) is 32.8 Å². The Labute approximate surface area is 162 Å². The van der Waals surface area contributed by atoms with E-state index in [-0.39, 0.29) is 24.0 Å². The highest BCUT2D eigenvalue weighted by atomic mass is 127. The molecule has 0 fully saturated rings. The summed E-state index contributed by atoms with van der Waals surface area (Å²) in [5.41, 5.74) is 5.10. The van der Waals surface area contributed by atoms with Crippen LogP contribution in [-0.2, 0) is 20.0 Å². The molecular weight excluding hydrogens is 413 g/mol. The van der Waals surface area contributed by atoms with Crippen molar-refractivity contribution in [3.63, 3.8) is 0 Å². The predicted octanol–water partition coefficient (Wildman–Crippen LogP) is 2.95. The molecule has 0 saturated carbocycles. The van der Waals surface area contributed by atoms with Gasteiger partial charge in [0.1, 0.15) is 0 Å². The number of nitrogens with zero attached hydrogens (tertiary/aromatic N) is 3. The van der Waals surface area contributed by atoms with Gasteiger partial charge in [0, 0.05) is 31.9 Å². The molecule has 2 aromatic rings. The predicted molar refractivity (Wildman–Crippen MR) is 111 cm³/mol. The Morgan fingerprint density at radius 2 is 1.83 bits per heavy atom. The van der Waals surface area contributed by atoms with Crippen molar-refractivity contribution in [2.24, 2.45) is 12.0 Å². The van der Waals surface area contributed by atoms with Crippen LogP contribution in [0, 0.1) is 13.8 Å². The number of halogens is 1. The Kier molecular flexibility index (Phi) is 8.81. The van der Waals surface area contributed by atoms with Crippen LogP contribution in [0.15, 0.2) is 35.6 Å². The second-order valence-corrected chi connectivity index (χ2v) is 5.89. The van der Waals surface area contributed by atoms with Gasteiger partial charge in [-0.1, -0.05) is 29.3 Å². The van der Waals surface area contributed by atoms with Gasteiger partial charge in [-0.3, -0.25) is 4.68 Å². The third-order valence-electron chi connectivity index (χ3n) is 3.51. The van der Waals surface area contributed by atoms with E-state index in [1.54, 1.807) is 4.68 Å². The summed E-state index contributed by atoms with van der Waals surface area (Å²) in [6.07, 6.45) is 4.82. The molecular formula is C18H28IN5. The van der Waals surface area contributed by atoms with Crippen molar-refractivity contribution in [2.75, 3.05) is 13.1 Å². The van der Waals surface area contributed by atoms with Gasteiger partial charge in [-0.2, -0.15) is 5.10 Å². The summed E-state index contributed by atoms with van der Waals surface area (Å²) in [6, 6.07) is 6.69. The first-order valence-corrected chi connectivity index (χ1v) is 8.13. The Balaban J connectivity index is 0.00000288. The second-order valence-electron chi connectivity index (χ2n) is 5.89. The second kappa shape index (κ2) is 10.3. The van der Waals surface area contributed by atoms with E-state index in [2.05, 4.69) is 59.7 Å². The van der Waals surface area contributed by atoms with Crippen LogP contribution in [0.2, 0.25) is 0 Å². The molecule has 0 spiro atoms. The number of aromatic nitrogens is 2. The topological polar surface area (TPSA) is 54.2 Å². The molecule has 24 heavy (non-hydrogen) atoms. The number of guanidine groups is 1. The number of rotatable bonds is 6. The maximum atomic E-state index is 4.60. The SMILES string of the molecule is CCNC(=NCc1cnn(C)c1)NCCc1cc(C)cc(C)c1.I. The van der Waals surface area contributed by atoms with Crippen molar-refractivity contribution in [3.05, 3.63) is 52.8 Å². The molecule has 5 nitrogen and oxygen atoms in total. The van der Waals surface area contributed by atoms with Gasteiger partial charge >= 0.3 is 0 Å². The van der Waals surface area contributed by atoms with Crippen molar-refractivity contribution in [2.45, 2.75) is 33.7 Å². The maximum absolute atomic E-state index is 4.60. The maximum Gasteiger partial charge on any atom is 0.191 e. The zero-order valence-electron chi connectivity index (χ0n) is 15.0. The molecule has 0 aliphatic carbocycles. The van der Waals surface area contributed by atoms with Crippen molar-refractivity contribution in [1.29, 1.82) is 0 Å². The molecule has 0 saturated heterocycles. The first-order valence-electron chi connectivity index (χ1n) is 8.13.